The van der Waals surface area contributed by atoms with Gasteiger partial charge in [-0.2, -0.15) is 0 Å². The van der Waals surface area contributed by atoms with Crippen molar-refractivity contribution in [1.82, 2.24) is 14.9 Å². The van der Waals surface area contributed by atoms with E-state index < -0.39 is 5.56 Å². The van der Waals surface area contributed by atoms with Crippen LogP contribution >= 0.6 is 11.6 Å². The van der Waals surface area contributed by atoms with Gasteiger partial charge in [-0.05, 0) is 0 Å². The minimum atomic E-state index is -0.505. The number of rotatable bonds is 3. The van der Waals surface area contributed by atoms with Gasteiger partial charge in [0, 0.05) is 12.4 Å². The normalized spacial score (nSPS) is 9.33. The van der Waals surface area contributed by atoms with Crippen LogP contribution in [0.1, 0.15) is 0 Å². The number of halogens is 1. The molecule has 1 aromatic heterocycles. The highest BCUT2D eigenvalue weighted by atomic mass is 35.5. The fraction of sp³-hybridized carbons (Fsp3) is 0.222. The number of amides is 1. The fourth-order valence-electron chi connectivity index (χ4n) is 0.905. The number of nitrogens with zero attached hydrogens (tertiary/aromatic N) is 2. The summed E-state index contributed by atoms with van der Waals surface area (Å²) in [5.74, 6) is 1.90. The Bertz CT molecular complexity index is 461. The number of hydrogen-bond acceptors (Lipinski definition) is 3. The maximum Gasteiger partial charge on any atom is 0.288 e. The van der Waals surface area contributed by atoms with Crippen LogP contribution in [-0.4, -0.2) is 22.0 Å². The lowest BCUT2D eigenvalue weighted by atomic mass is 10.5. The largest absolute Gasteiger partial charge is 0.344 e. The first-order valence-corrected chi connectivity index (χ1v) is 4.44. The van der Waals surface area contributed by atoms with Crippen molar-refractivity contribution >= 4 is 17.5 Å². The first-order chi connectivity index (χ1) is 7.15. The number of hydrogen-bond donors (Lipinski definition) is 1. The molecular formula is C9H8ClN3O2. The Hall–Kier alpha value is -1.80. The number of carbonyl (C=O) groups is 1. The maximum absolute atomic E-state index is 11.3. The molecule has 0 spiro atoms. The van der Waals surface area contributed by atoms with Gasteiger partial charge in [-0.15, -0.1) is 6.42 Å². The van der Waals surface area contributed by atoms with Gasteiger partial charge in [0.1, 0.15) is 6.54 Å². The van der Waals surface area contributed by atoms with E-state index in [1.165, 1.54) is 12.4 Å². The predicted octanol–water partition coefficient (Wildman–Crippen LogP) is -0.354. The van der Waals surface area contributed by atoms with Gasteiger partial charge in [-0.1, -0.05) is 17.5 Å². The summed E-state index contributed by atoms with van der Waals surface area (Å²) in [6.45, 7) is 0.00908. The van der Waals surface area contributed by atoms with Gasteiger partial charge in [0.25, 0.3) is 5.56 Å². The quantitative estimate of drug-likeness (QED) is 0.715. The minimum Gasteiger partial charge on any atom is -0.344 e. The average molecular weight is 226 g/mol. The van der Waals surface area contributed by atoms with Crippen LogP contribution in [0.2, 0.25) is 5.15 Å². The van der Waals surface area contributed by atoms with Gasteiger partial charge >= 0.3 is 0 Å². The second kappa shape index (κ2) is 5.17. The van der Waals surface area contributed by atoms with E-state index in [2.05, 4.69) is 16.2 Å². The number of nitrogens with one attached hydrogen (secondary N) is 1. The summed E-state index contributed by atoms with van der Waals surface area (Å²) in [6, 6.07) is 0. The molecule has 15 heavy (non-hydrogen) atoms. The van der Waals surface area contributed by atoms with E-state index in [1.807, 2.05) is 0 Å². The number of aromatic nitrogens is 2. The number of carbonyl (C=O) groups excluding carboxylic acids is 1. The molecule has 0 aliphatic heterocycles. The molecule has 1 amide bonds. The SMILES string of the molecule is C#CCNC(=O)Cn1ccnc(Cl)c1=O. The Morgan fingerprint density at radius 2 is 2.47 bits per heavy atom. The van der Waals surface area contributed by atoms with E-state index >= 15 is 0 Å². The Balaban J connectivity index is 2.74. The van der Waals surface area contributed by atoms with Gasteiger partial charge in [0.05, 0.1) is 6.54 Å². The Morgan fingerprint density at radius 3 is 3.13 bits per heavy atom. The average Bonchev–Trinajstić information content (AvgIpc) is 2.22. The lowest BCUT2D eigenvalue weighted by Gasteiger charge is -2.04. The molecule has 0 bridgehead atoms. The summed E-state index contributed by atoms with van der Waals surface area (Å²) in [6.07, 6.45) is 7.68. The van der Waals surface area contributed by atoms with E-state index in [9.17, 15) is 9.59 Å². The smallest absolute Gasteiger partial charge is 0.288 e. The molecule has 6 heteroatoms. The fourth-order valence-corrected chi connectivity index (χ4v) is 1.07. The van der Waals surface area contributed by atoms with Gasteiger partial charge in [0.2, 0.25) is 5.91 Å². The van der Waals surface area contributed by atoms with Crippen molar-refractivity contribution in [3.8, 4) is 12.3 Å². The zero-order valence-electron chi connectivity index (χ0n) is 7.74. The van der Waals surface area contributed by atoms with Gasteiger partial charge < -0.3 is 9.88 Å². The molecule has 1 aromatic rings. The zero-order valence-corrected chi connectivity index (χ0v) is 8.49. The Morgan fingerprint density at radius 1 is 1.73 bits per heavy atom. The van der Waals surface area contributed by atoms with Crippen molar-refractivity contribution in [3.63, 3.8) is 0 Å². The molecule has 0 unspecified atom stereocenters. The summed E-state index contributed by atoms with van der Waals surface area (Å²) in [4.78, 5) is 26.1. The van der Waals surface area contributed by atoms with Crippen LogP contribution in [0.25, 0.3) is 0 Å². The molecule has 78 valence electrons. The van der Waals surface area contributed by atoms with Crippen molar-refractivity contribution in [1.29, 1.82) is 0 Å². The molecule has 0 atom stereocenters. The summed E-state index contributed by atoms with van der Waals surface area (Å²) < 4.78 is 1.15. The molecule has 1 rings (SSSR count). The lowest BCUT2D eigenvalue weighted by Crippen LogP contribution is -2.32. The van der Waals surface area contributed by atoms with Crippen LogP contribution in [0.4, 0.5) is 0 Å². The van der Waals surface area contributed by atoms with Crippen LogP contribution in [0.3, 0.4) is 0 Å². The highest BCUT2D eigenvalue weighted by molar-refractivity contribution is 6.29. The van der Waals surface area contributed by atoms with E-state index in [4.69, 9.17) is 18.0 Å². The molecule has 0 saturated carbocycles. The molecular weight excluding hydrogens is 218 g/mol. The molecule has 0 aromatic carbocycles. The molecule has 0 fully saturated rings. The van der Waals surface area contributed by atoms with Crippen molar-refractivity contribution < 1.29 is 4.79 Å². The summed E-state index contributed by atoms with van der Waals surface area (Å²) in [5.41, 5.74) is -0.505. The highest BCUT2D eigenvalue weighted by Crippen LogP contribution is 1.93. The van der Waals surface area contributed by atoms with Crippen molar-refractivity contribution in [2.24, 2.45) is 0 Å². The zero-order chi connectivity index (χ0) is 11.3. The lowest BCUT2D eigenvalue weighted by molar-refractivity contribution is -0.121. The molecule has 1 N–H and O–H groups in total. The van der Waals surface area contributed by atoms with Crippen LogP contribution in [0.15, 0.2) is 17.2 Å². The van der Waals surface area contributed by atoms with Crippen LogP contribution in [0, 0.1) is 12.3 Å². The van der Waals surface area contributed by atoms with Gasteiger partial charge in [0.15, 0.2) is 5.15 Å². The minimum absolute atomic E-state index is 0.122. The van der Waals surface area contributed by atoms with E-state index in [-0.39, 0.29) is 24.1 Å². The molecule has 0 radical (unpaired) electrons. The van der Waals surface area contributed by atoms with E-state index in [0.29, 0.717) is 0 Å². The Kier molecular flexibility index (Phi) is 3.89. The first-order valence-electron chi connectivity index (χ1n) is 4.06. The monoisotopic (exact) mass is 225 g/mol. The molecule has 0 aliphatic rings. The standard InChI is InChI=1S/C9H8ClN3O2/c1-2-3-11-7(14)6-13-5-4-12-8(10)9(13)15/h1,4-5H,3,6H2,(H,11,14). The third-order valence-electron chi connectivity index (χ3n) is 1.57. The van der Waals surface area contributed by atoms with E-state index in [0.717, 1.165) is 4.57 Å². The van der Waals surface area contributed by atoms with Crippen LogP contribution in [0.5, 0.6) is 0 Å². The highest BCUT2D eigenvalue weighted by Gasteiger charge is 2.05. The molecule has 0 saturated heterocycles. The van der Waals surface area contributed by atoms with Crippen LogP contribution in [-0.2, 0) is 11.3 Å². The third kappa shape index (κ3) is 3.11. The van der Waals surface area contributed by atoms with E-state index in [1.54, 1.807) is 0 Å². The van der Waals surface area contributed by atoms with Crippen molar-refractivity contribution in [3.05, 3.63) is 27.9 Å². The molecule has 1 heterocycles. The topological polar surface area (TPSA) is 64.0 Å². The Labute approximate surface area is 91.1 Å². The maximum atomic E-state index is 11.3. The van der Waals surface area contributed by atoms with Gasteiger partial charge in [-0.25, -0.2) is 4.98 Å². The molecule has 0 aliphatic carbocycles. The summed E-state index contributed by atoms with van der Waals surface area (Å²) >= 11 is 5.49. The molecule has 5 nitrogen and oxygen atoms in total. The predicted molar refractivity (Wildman–Crippen MR) is 55.3 cm³/mol. The second-order valence-corrected chi connectivity index (χ2v) is 2.99. The van der Waals surface area contributed by atoms with Crippen molar-refractivity contribution in [2.75, 3.05) is 6.54 Å². The van der Waals surface area contributed by atoms with Crippen molar-refractivity contribution in [2.45, 2.75) is 6.54 Å². The van der Waals surface area contributed by atoms with Gasteiger partial charge in [-0.3, -0.25) is 9.59 Å². The second-order valence-electron chi connectivity index (χ2n) is 2.63. The first kappa shape index (κ1) is 11.3. The van der Waals surface area contributed by atoms with Crippen LogP contribution < -0.4 is 10.9 Å². The summed E-state index contributed by atoms with van der Waals surface area (Å²) in [7, 11) is 0. The third-order valence-corrected chi connectivity index (χ3v) is 1.83. The number of terminal acetylenes is 1. The summed E-state index contributed by atoms with van der Waals surface area (Å²) in [5, 5.41) is 2.26.